The van der Waals surface area contributed by atoms with Gasteiger partial charge in [-0.1, -0.05) is 64.8 Å². The fourth-order valence-electron chi connectivity index (χ4n) is 9.28. The fourth-order valence-corrected chi connectivity index (χ4v) is 9.28. The molecule has 0 amide bonds. The van der Waals surface area contributed by atoms with E-state index in [2.05, 4.69) is 60.6 Å². The number of hydrogen-bond donors (Lipinski definition) is 1. The molecule has 4 rings (SSSR count). The molecule has 4 aliphatic rings. The van der Waals surface area contributed by atoms with Crippen LogP contribution in [-0.2, 0) is 0 Å². The van der Waals surface area contributed by atoms with Crippen molar-refractivity contribution in [2.24, 2.45) is 52.3 Å². The normalized spacial score (nSPS) is 46.2. The van der Waals surface area contributed by atoms with Crippen LogP contribution in [0.2, 0.25) is 0 Å². The summed E-state index contributed by atoms with van der Waals surface area (Å²) in [6, 6.07) is 0. The molecule has 0 spiro atoms. The third kappa shape index (κ3) is 3.79. The molecule has 0 radical (unpaired) electrons. The first-order valence-corrected chi connectivity index (χ1v) is 13.7. The lowest BCUT2D eigenvalue weighted by Crippen LogP contribution is -2.52. The monoisotopic (exact) mass is 426 g/mol. The van der Waals surface area contributed by atoms with Gasteiger partial charge in [-0.15, -0.1) is 0 Å². The largest absolute Gasteiger partial charge is 0.393 e. The number of aliphatic hydroxyl groups is 1. The van der Waals surface area contributed by atoms with Gasteiger partial charge in [0.2, 0.25) is 0 Å². The first kappa shape index (κ1) is 23.6. The first-order valence-electron chi connectivity index (χ1n) is 13.7. The SMILES string of the molecule is C/C=C(/CCC(C)C1CCC2C3=CC[C@H]4[C@H](C)[C@@H](O)CCC4(C)C3CCC21C)C(C)C. The molecular formula is C30H50O. The third-order valence-corrected chi connectivity index (χ3v) is 11.3. The van der Waals surface area contributed by atoms with Gasteiger partial charge in [-0.3, -0.25) is 0 Å². The van der Waals surface area contributed by atoms with Crippen LogP contribution in [0.15, 0.2) is 23.3 Å². The van der Waals surface area contributed by atoms with Crippen LogP contribution in [0.1, 0.15) is 106 Å². The molecular weight excluding hydrogens is 376 g/mol. The molecule has 0 heterocycles. The van der Waals surface area contributed by atoms with Crippen molar-refractivity contribution in [1.82, 2.24) is 0 Å². The molecule has 0 aromatic heterocycles. The Morgan fingerprint density at radius 3 is 2.42 bits per heavy atom. The average molecular weight is 427 g/mol. The summed E-state index contributed by atoms with van der Waals surface area (Å²) in [5.41, 5.74) is 4.45. The molecule has 4 aliphatic carbocycles. The van der Waals surface area contributed by atoms with E-state index in [4.69, 9.17) is 0 Å². The van der Waals surface area contributed by atoms with Crippen molar-refractivity contribution in [2.45, 2.75) is 112 Å². The molecule has 1 N–H and O–H groups in total. The van der Waals surface area contributed by atoms with Crippen LogP contribution in [0, 0.1) is 52.3 Å². The van der Waals surface area contributed by atoms with Crippen molar-refractivity contribution in [1.29, 1.82) is 0 Å². The van der Waals surface area contributed by atoms with E-state index in [1.54, 1.807) is 5.57 Å². The van der Waals surface area contributed by atoms with E-state index in [0.29, 0.717) is 28.6 Å². The highest BCUT2D eigenvalue weighted by Crippen LogP contribution is 2.67. The second-order valence-corrected chi connectivity index (χ2v) is 12.9. The van der Waals surface area contributed by atoms with Gasteiger partial charge in [0.1, 0.15) is 0 Å². The van der Waals surface area contributed by atoms with E-state index in [0.717, 1.165) is 30.1 Å². The number of fused-ring (bicyclic) bond motifs is 5. The zero-order valence-electron chi connectivity index (χ0n) is 21.6. The summed E-state index contributed by atoms with van der Waals surface area (Å²) in [5.74, 6) is 5.16. The van der Waals surface area contributed by atoms with Crippen LogP contribution in [0.4, 0.5) is 0 Å². The van der Waals surface area contributed by atoms with Gasteiger partial charge in [0.25, 0.3) is 0 Å². The molecule has 9 atom stereocenters. The van der Waals surface area contributed by atoms with Crippen LogP contribution in [0.25, 0.3) is 0 Å². The molecule has 1 heteroatoms. The second kappa shape index (κ2) is 8.66. The minimum atomic E-state index is -0.0773. The van der Waals surface area contributed by atoms with Gasteiger partial charge in [-0.2, -0.15) is 0 Å². The van der Waals surface area contributed by atoms with Gasteiger partial charge in [-0.05, 0) is 117 Å². The summed E-state index contributed by atoms with van der Waals surface area (Å²) in [5, 5.41) is 10.5. The van der Waals surface area contributed by atoms with Crippen molar-refractivity contribution in [2.75, 3.05) is 0 Å². The Labute approximate surface area is 193 Å². The van der Waals surface area contributed by atoms with Gasteiger partial charge in [0, 0.05) is 0 Å². The Kier molecular flexibility index (Phi) is 6.59. The van der Waals surface area contributed by atoms with Crippen molar-refractivity contribution in [3.05, 3.63) is 23.3 Å². The average Bonchev–Trinajstić information content (AvgIpc) is 3.08. The van der Waals surface area contributed by atoms with Gasteiger partial charge >= 0.3 is 0 Å². The summed E-state index contributed by atoms with van der Waals surface area (Å²) in [4.78, 5) is 0. The van der Waals surface area contributed by atoms with Crippen LogP contribution in [0.5, 0.6) is 0 Å². The highest BCUT2D eigenvalue weighted by molar-refractivity contribution is 5.28. The van der Waals surface area contributed by atoms with Crippen LogP contribution in [-0.4, -0.2) is 11.2 Å². The second-order valence-electron chi connectivity index (χ2n) is 12.9. The van der Waals surface area contributed by atoms with E-state index in [1.807, 2.05) is 5.57 Å². The maximum absolute atomic E-state index is 10.5. The van der Waals surface area contributed by atoms with E-state index < -0.39 is 0 Å². The highest BCUT2D eigenvalue weighted by atomic mass is 16.3. The molecule has 0 saturated heterocycles. The molecule has 176 valence electrons. The minimum absolute atomic E-state index is 0.0773. The van der Waals surface area contributed by atoms with Crippen molar-refractivity contribution >= 4 is 0 Å². The van der Waals surface area contributed by atoms with Gasteiger partial charge in [-0.25, -0.2) is 0 Å². The Balaban J connectivity index is 1.51. The van der Waals surface area contributed by atoms with Crippen molar-refractivity contribution in [3.8, 4) is 0 Å². The van der Waals surface area contributed by atoms with Crippen LogP contribution < -0.4 is 0 Å². The zero-order valence-corrected chi connectivity index (χ0v) is 21.6. The molecule has 0 aromatic rings. The third-order valence-electron chi connectivity index (χ3n) is 11.3. The molecule has 0 bridgehead atoms. The van der Waals surface area contributed by atoms with E-state index in [-0.39, 0.29) is 6.10 Å². The lowest BCUT2D eigenvalue weighted by Gasteiger charge is -2.59. The number of allylic oxidation sites excluding steroid dienone is 4. The smallest absolute Gasteiger partial charge is 0.0568 e. The van der Waals surface area contributed by atoms with E-state index in [1.165, 1.54) is 51.4 Å². The van der Waals surface area contributed by atoms with Crippen molar-refractivity contribution < 1.29 is 5.11 Å². The van der Waals surface area contributed by atoms with E-state index in [9.17, 15) is 5.11 Å². The standard InChI is InChI=1S/C30H50O/c1-8-22(19(2)3)10-9-20(4)24-13-14-26-23-11-12-25-21(5)28(31)16-18-30(25,7)27(23)15-17-29(24,26)6/h8,11,19-21,24-28,31H,9-10,12-18H2,1-7H3/b22-8-/t20?,21-,24?,25-,26?,27?,28-,29?,30?/m0/s1. The first-order chi connectivity index (χ1) is 14.6. The Hall–Kier alpha value is -0.560. The lowest BCUT2D eigenvalue weighted by atomic mass is 9.46. The summed E-state index contributed by atoms with van der Waals surface area (Å²) >= 11 is 0. The minimum Gasteiger partial charge on any atom is -0.393 e. The molecule has 0 aromatic carbocycles. The zero-order chi connectivity index (χ0) is 22.6. The number of rotatable bonds is 5. The van der Waals surface area contributed by atoms with Gasteiger partial charge < -0.3 is 5.11 Å². The Bertz CT molecular complexity index is 716. The Morgan fingerprint density at radius 1 is 1.06 bits per heavy atom. The maximum atomic E-state index is 10.5. The predicted octanol–water partition coefficient (Wildman–Crippen LogP) is 8.19. The molecule has 31 heavy (non-hydrogen) atoms. The summed E-state index contributed by atoms with van der Waals surface area (Å²) in [7, 11) is 0. The predicted molar refractivity (Wildman–Crippen MR) is 133 cm³/mol. The van der Waals surface area contributed by atoms with Crippen LogP contribution in [0.3, 0.4) is 0 Å². The van der Waals surface area contributed by atoms with Gasteiger partial charge in [0.15, 0.2) is 0 Å². The molecule has 0 aliphatic heterocycles. The van der Waals surface area contributed by atoms with Crippen molar-refractivity contribution in [3.63, 3.8) is 0 Å². The topological polar surface area (TPSA) is 20.2 Å². The summed E-state index contributed by atoms with van der Waals surface area (Å²) in [6.07, 6.45) is 16.8. The maximum Gasteiger partial charge on any atom is 0.0568 e. The quantitative estimate of drug-likeness (QED) is 0.439. The molecule has 6 unspecified atom stereocenters. The Morgan fingerprint density at radius 2 is 1.74 bits per heavy atom. The number of aliphatic hydroxyl groups excluding tert-OH is 1. The molecule has 1 nitrogen and oxygen atoms in total. The highest BCUT2D eigenvalue weighted by Gasteiger charge is 2.59. The van der Waals surface area contributed by atoms with Gasteiger partial charge in [0.05, 0.1) is 6.10 Å². The molecule has 3 saturated carbocycles. The molecule has 3 fully saturated rings. The summed E-state index contributed by atoms with van der Waals surface area (Å²) in [6.45, 7) is 17.1. The fraction of sp³-hybridized carbons (Fsp3) is 0.867. The lowest BCUT2D eigenvalue weighted by molar-refractivity contribution is -0.0773. The van der Waals surface area contributed by atoms with Crippen LogP contribution >= 0.6 is 0 Å². The summed E-state index contributed by atoms with van der Waals surface area (Å²) < 4.78 is 0. The van der Waals surface area contributed by atoms with E-state index >= 15 is 0 Å². The number of hydrogen-bond acceptors (Lipinski definition) is 1.